The number of nitrogens with zero attached hydrogens (tertiary/aromatic N) is 1. The minimum absolute atomic E-state index is 0.484. The zero-order valence-electron chi connectivity index (χ0n) is 15.3. The molecule has 0 amide bonds. The molecule has 0 radical (unpaired) electrons. The van der Waals surface area contributed by atoms with Gasteiger partial charge in [-0.05, 0) is 58.4 Å². The molecular weight excluding hydrogens is 296 g/mol. The van der Waals surface area contributed by atoms with E-state index in [9.17, 15) is 5.11 Å². The maximum atomic E-state index is 10.4. The number of rotatable bonds is 5. The van der Waals surface area contributed by atoms with E-state index in [1.807, 2.05) is 25.4 Å². The highest BCUT2D eigenvalue weighted by Crippen LogP contribution is 2.18. The fourth-order valence-electron chi connectivity index (χ4n) is 3.33. The van der Waals surface area contributed by atoms with Gasteiger partial charge in [-0.3, -0.25) is 4.98 Å². The van der Waals surface area contributed by atoms with Crippen molar-refractivity contribution in [1.82, 2.24) is 4.98 Å². The minimum atomic E-state index is -0.898. The summed E-state index contributed by atoms with van der Waals surface area (Å²) in [6, 6.07) is 4.67. The standard InChI is InChI=1S/C21H30N2O/c1-18(2)9-6-12-21(3,24)13-8-16-23-15-5-4-11-20(23)19-10-7-14-22-17-19/h7,9-10,14,17,20,24H,4-6,11-12,15-16H2,1-3H3/p+1/t20-,21-/m1/s1. The van der Waals surface area contributed by atoms with Gasteiger partial charge in [-0.1, -0.05) is 23.6 Å². The molecule has 1 aromatic rings. The number of nitrogens with one attached hydrogen (secondary N) is 1. The van der Waals surface area contributed by atoms with Gasteiger partial charge in [-0.2, -0.15) is 0 Å². The average Bonchev–Trinajstić information content (AvgIpc) is 2.55. The smallest absolute Gasteiger partial charge is 0.139 e. The van der Waals surface area contributed by atoms with Gasteiger partial charge in [-0.15, -0.1) is 0 Å². The Morgan fingerprint density at radius 3 is 3.00 bits per heavy atom. The lowest BCUT2D eigenvalue weighted by Crippen LogP contribution is -3.13. The van der Waals surface area contributed by atoms with Gasteiger partial charge >= 0.3 is 0 Å². The third-order valence-electron chi connectivity index (χ3n) is 4.68. The molecule has 24 heavy (non-hydrogen) atoms. The van der Waals surface area contributed by atoms with Gasteiger partial charge < -0.3 is 10.0 Å². The molecular formula is C21H31N2O+. The number of pyridine rings is 1. The second kappa shape index (κ2) is 9.01. The highest BCUT2D eigenvalue weighted by Gasteiger charge is 2.27. The molecule has 1 aliphatic rings. The van der Waals surface area contributed by atoms with Crippen molar-refractivity contribution < 1.29 is 10.0 Å². The third-order valence-corrected chi connectivity index (χ3v) is 4.68. The van der Waals surface area contributed by atoms with Crippen LogP contribution in [0.4, 0.5) is 0 Å². The average molecular weight is 327 g/mol. The molecule has 2 rings (SSSR count). The normalized spacial score (nSPS) is 22.8. The van der Waals surface area contributed by atoms with Crippen LogP contribution in [0.5, 0.6) is 0 Å². The van der Waals surface area contributed by atoms with Crippen LogP contribution in [0, 0.1) is 11.8 Å². The highest BCUT2D eigenvalue weighted by molar-refractivity contribution is 5.14. The maximum absolute atomic E-state index is 10.4. The number of piperidine rings is 1. The van der Waals surface area contributed by atoms with Crippen LogP contribution in [0.1, 0.15) is 64.5 Å². The van der Waals surface area contributed by atoms with Crippen LogP contribution >= 0.6 is 0 Å². The van der Waals surface area contributed by atoms with E-state index in [0.29, 0.717) is 12.5 Å². The fraction of sp³-hybridized carbons (Fsp3) is 0.571. The predicted molar refractivity (Wildman–Crippen MR) is 98.6 cm³/mol. The van der Waals surface area contributed by atoms with E-state index in [2.05, 4.69) is 42.8 Å². The molecule has 0 spiro atoms. The first kappa shape index (κ1) is 18.7. The second-order valence-corrected chi connectivity index (χ2v) is 7.32. The summed E-state index contributed by atoms with van der Waals surface area (Å²) in [5, 5.41) is 10.4. The van der Waals surface area contributed by atoms with Gasteiger partial charge in [0.25, 0.3) is 0 Å². The SMILES string of the molecule is CC(C)=CCC[C@@](C)(O)C#CC[NH+]1CCCC[C@@H]1c1cccnc1. The van der Waals surface area contributed by atoms with E-state index in [0.717, 1.165) is 19.5 Å². The van der Waals surface area contributed by atoms with Gasteiger partial charge in [-0.25, -0.2) is 0 Å². The van der Waals surface area contributed by atoms with Crippen molar-refractivity contribution >= 4 is 0 Å². The van der Waals surface area contributed by atoms with Crippen molar-refractivity contribution in [1.29, 1.82) is 0 Å². The van der Waals surface area contributed by atoms with Gasteiger partial charge in [0, 0.05) is 24.4 Å². The number of allylic oxidation sites excluding steroid dienone is 2. The lowest BCUT2D eigenvalue weighted by atomic mass is 9.96. The molecule has 2 N–H and O–H groups in total. The van der Waals surface area contributed by atoms with Crippen molar-refractivity contribution in [2.75, 3.05) is 13.1 Å². The Bertz CT molecular complexity index is 591. The fourth-order valence-corrected chi connectivity index (χ4v) is 3.33. The Labute approximate surface area is 146 Å². The summed E-state index contributed by atoms with van der Waals surface area (Å²) in [4.78, 5) is 5.77. The molecule has 1 aliphatic heterocycles. The second-order valence-electron chi connectivity index (χ2n) is 7.32. The summed E-state index contributed by atoms with van der Waals surface area (Å²) in [5.41, 5.74) is 1.70. The Morgan fingerprint density at radius 1 is 1.46 bits per heavy atom. The number of aromatic nitrogens is 1. The number of hydrogen-bond acceptors (Lipinski definition) is 2. The van der Waals surface area contributed by atoms with Crippen LogP contribution in [-0.2, 0) is 0 Å². The van der Waals surface area contributed by atoms with E-state index in [4.69, 9.17) is 0 Å². The van der Waals surface area contributed by atoms with E-state index in [1.165, 1.54) is 35.3 Å². The summed E-state index contributed by atoms with van der Waals surface area (Å²) in [7, 11) is 0. The van der Waals surface area contributed by atoms with Crippen LogP contribution in [0.3, 0.4) is 0 Å². The highest BCUT2D eigenvalue weighted by atomic mass is 16.3. The quantitative estimate of drug-likeness (QED) is 0.644. The molecule has 0 aromatic carbocycles. The first-order valence-corrected chi connectivity index (χ1v) is 9.08. The molecule has 1 saturated heterocycles. The number of hydrogen-bond donors (Lipinski definition) is 2. The van der Waals surface area contributed by atoms with Crippen LogP contribution in [0.25, 0.3) is 0 Å². The van der Waals surface area contributed by atoms with Gasteiger partial charge in [0.1, 0.15) is 18.2 Å². The lowest BCUT2D eigenvalue weighted by Gasteiger charge is -2.31. The number of aliphatic hydroxyl groups is 1. The van der Waals surface area contributed by atoms with Crippen LogP contribution < -0.4 is 4.90 Å². The molecule has 1 fully saturated rings. The Kier molecular flexibility index (Phi) is 7.02. The van der Waals surface area contributed by atoms with Crippen molar-refractivity contribution in [3.8, 4) is 11.8 Å². The molecule has 130 valence electrons. The molecule has 3 atom stereocenters. The number of quaternary nitrogens is 1. The zero-order chi connectivity index (χ0) is 17.4. The lowest BCUT2D eigenvalue weighted by molar-refractivity contribution is -0.930. The van der Waals surface area contributed by atoms with Crippen molar-refractivity contribution in [2.45, 2.75) is 64.5 Å². The summed E-state index contributed by atoms with van der Waals surface area (Å²) in [6.07, 6.45) is 11.3. The third kappa shape index (κ3) is 6.11. The molecule has 0 bridgehead atoms. The molecule has 1 unspecified atom stereocenters. The Morgan fingerprint density at radius 2 is 2.29 bits per heavy atom. The zero-order valence-corrected chi connectivity index (χ0v) is 15.3. The molecule has 2 heterocycles. The predicted octanol–water partition coefficient (Wildman–Crippen LogP) is 2.69. The molecule has 0 aliphatic carbocycles. The largest absolute Gasteiger partial charge is 0.378 e. The molecule has 3 nitrogen and oxygen atoms in total. The van der Waals surface area contributed by atoms with E-state index < -0.39 is 5.60 Å². The van der Waals surface area contributed by atoms with Crippen LogP contribution in [0.15, 0.2) is 36.2 Å². The first-order valence-electron chi connectivity index (χ1n) is 9.08. The maximum Gasteiger partial charge on any atom is 0.139 e. The Balaban J connectivity index is 1.95. The summed E-state index contributed by atoms with van der Waals surface area (Å²) >= 11 is 0. The van der Waals surface area contributed by atoms with Crippen molar-refractivity contribution in [3.05, 3.63) is 41.7 Å². The van der Waals surface area contributed by atoms with Gasteiger partial charge in [0.15, 0.2) is 0 Å². The minimum Gasteiger partial charge on any atom is -0.378 e. The van der Waals surface area contributed by atoms with Crippen LogP contribution in [-0.4, -0.2) is 28.8 Å². The topological polar surface area (TPSA) is 37.6 Å². The summed E-state index contributed by atoms with van der Waals surface area (Å²) < 4.78 is 0. The van der Waals surface area contributed by atoms with E-state index in [1.54, 1.807) is 0 Å². The van der Waals surface area contributed by atoms with Crippen molar-refractivity contribution in [2.24, 2.45) is 0 Å². The molecule has 3 heteroatoms. The van der Waals surface area contributed by atoms with Gasteiger partial charge in [0.2, 0.25) is 0 Å². The van der Waals surface area contributed by atoms with E-state index >= 15 is 0 Å². The number of likely N-dealkylation sites (tertiary alicyclic amines) is 1. The van der Waals surface area contributed by atoms with E-state index in [-0.39, 0.29) is 0 Å². The Hall–Kier alpha value is -1.63. The summed E-state index contributed by atoms with van der Waals surface area (Å²) in [6.45, 7) is 7.92. The summed E-state index contributed by atoms with van der Waals surface area (Å²) in [5.74, 6) is 6.35. The molecule has 0 saturated carbocycles. The van der Waals surface area contributed by atoms with Crippen LogP contribution in [0.2, 0.25) is 0 Å². The van der Waals surface area contributed by atoms with Crippen molar-refractivity contribution in [3.63, 3.8) is 0 Å². The van der Waals surface area contributed by atoms with Gasteiger partial charge in [0.05, 0.1) is 6.54 Å². The first-order chi connectivity index (χ1) is 11.5. The molecule has 1 aromatic heterocycles. The monoisotopic (exact) mass is 327 g/mol.